The summed E-state index contributed by atoms with van der Waals surface area (Å²) in [6.45, 7) is 0. The van der Waals surface area contributed by atoms with Crippen molar-refractivity contribution in [2.75, 3.05) is 18.6 Å². The number of hydrogen-bond acceptors (Lipinski definition) is 3. The van der Waals surface area contributed by atoms with Crippen LogP contribution >= 0.6 is 11.8 Å². The summed E-state index contributed by atoms with van der Waals surface area (Å²) >= 11 is 1.99. The van der Waals surface area contributed by atoms with E-state index in [1.165, 1.54) is 31.4 Å². The standard InChI is InChI=1S/C15H23NOS/c1-17-15-9-5-4-8-13(15)14(16)11-18-10-12-6-2-3-7-12/h4-5,8-9,12,14H,2-3,6-7,10-11,16H2,1H3. The van der Waals surface area contributed by atoms with Gasteiger partial charge in [0.15, 0.2) is 0 Å². The van der Waals surface area contributed by atoms with Crippen LogP contribution in [0.3, 0.4) is 0 Å². The fourth-order valence-corrected chi connectivity index (χ4v) is 3.84. The number of para-hydroxylation sites is 1. The summed E-state index contributed by atoms with van der Waals surface area (Å²) in [4.78, 5) is 0. The van der Waals surface area contributed by atoms with Gasteiger partial charge in [-0.05, 0) is 30.6 Å². The largest absolute Gasteiger partial charge is 0.496 e. The molecule has 1 aromatic carbocycles. The van der Waals surface area contributed by atoms with Crippen LogP contribution in [0.25, 0.3) is 0 Å². The smallest absolute Gasteiger partial charge is 0.123 e. The van der Waals surface area contributed by atoms with Gasteiger partial charge in [-0.25, -0.2) is 0 Å². The SMILES string of the molecule is COc1ccccc1C(N)CSCC1CCCC1. The van der Waals surface area contributed by atoms with Gasteiger partial charge in [0.05, 0.1) is 7.11 Å². The van der Waals surface area contributed by atoms with Crippen LogP contribution in [0.1, 0.15) is 37.3 Å². The molecule has 0 radical (unpaired) electrons. The Morgan fingerprint density at radius 2 is 2.06 bits per heavy atom. The highest BCUT2D eigenvalue weighted by Crippen LogP contribution is 2.30. The van der Waals surface area contributed by atoms with Crippen LogP contribution in [0, 0.1) is 5.92 Å². The average molecular weight is 265 g/mol. The van der Waals surface area contributed by atoms with Crippen molar-refractivity contribution >= 4 is 11.8 Å². The van der Waals surface area contributed by atoms with Crippen molar-refractivity contribution in [2.45, 2.75) is 31.7 Å². The molecule has 1 aromatic rings. The minimum atomic E-state index is 0.0764. The van der Waals surface area contributed by atoms with E-state index in [0.717, 1.165) is 23.0 Å². The van der Waals surface area contributed by atoms with E-state index < -0.39 is 0 Å². The minimum absolute atomic E-state index is 0.0764. The average Bonchev–Trinajstić information content (AvgIpc) is 2.91. The van der Waals surface area contributed by atoms with Gasteiger partial charge in [0.25, 0.3) is 0 Å². The predicted molar refractivity (Wildman–Crippen MR) is 79.2 cm³/mol. The molecule has 1 unspecified atom stereocenters. The van der Waals surface area contributed by atoms with E-state index in [-0.39, 0.29) is 6.04 Å². The van der Waals surface area contributed by atoms with Crippen LogP contribution in [0.2, 0.25) is 0 Å². The monoisotopic (exact) mass is 265 g/mol. The van der Waals surface area contributed by atoms with Gasteiger partial charge in [-0.2, -0.15) is 11.8 Å². The number of benzene rings is 1. The minimum Gasteiger partial charge on any atom is -0.496 e. The second-order valence-electron chi connectivity index (χ2n) is 5.04. The number of methoxy groups -OCH3 is 1. The van der Waals surface area contributed by atoms with Gasteiger partial charge in [-0.15, -0.1) is 0 Å². The highest BCUT2D eigenvalue weighted by molar-refractivity contribution is 7.99. The van der Waals surface area contributed by atoms with Crippen LogP contribution in [-0.4, -0.2) is 18.6 Å². The van der Waals surface area contributed by atoms with E-state index in [1.54, 1.807) is 7.11 Å². The molecule has 2 rings (SSSR count). The Hall–Kier alpha value is -0.670. The van der Waals surface area contributed by atoms with E-state index in [4.69, 9.17) is 10.5 Å². The zero-order chi connectivity index (χ0) is 12.8. The molecule has 1 aliphatic carbocycles. The van der Waals surface area contributed by atoms with E-state index >= 15 is 0 Å². The summed E-state index contributed by atoms with van der Waals surface area (Å²) in [5.41, 5.74) is 7.38. The summed E-state index contributed by atoms with van der Waals surface area (Å²) in [5.74, 6) is 4.09. The lowest BCUT2D eigenvalue weighted by Gasteiger charge is -2.16. The number of thioether (sulfide) groups is 1. The molecule has 0 spiro atoms. The van der Waals surface area contributed by atoms with E-state index in [2.05, 4.69) is 6.07 Å². The predicted octanol–water partition coefficient (Wildman–Crippen LogP) is 3.62. The van der Waals surface area contributed by atoms with Gasteiger partial charge in [-0.3, -0.25) is 0 Å². The molecular formula is C15H23NOS. The van der Waals surface area contributed by atoms with Crippen LogP contribution in [0.4, 0.5) is 0 Å². The Morgan fingerprint density at radius 1 is 1.33 bits per heavy atom. The number of hydrogen-bond donors (Lipinski definition) is 1. The van der Waals surface area contributed by atoms with Crippen molar-refractivity contribution in [3.63, 3.8) is 0 Å². The van der Waals surface area contributed by atoms with Crippen LogP contribution < -0.4 is 10.5 Å². The molecule has 0 aromatic heterocycles. The van der Waals surface area contributed by atoms with Crippen molar-refractivity contribution in [3.8, 4) is 5.75 Å². The third-order valence-electron chi connectivity index (χ3n) is 3.66. The normalized spacial score (nSPS) is 17.9. The zero-order valence-electron chi connectivity index (χ0n) is 11.1. The summed E-state index contributed by atoms with van der Waals surface area (Å²) in [6, 6.07) is 8.14. The lowest BCUT2D eigenvalue weighted by atomic mass is 10.1. The fourth-order valence-electron chi connectivity index (χ4n) is 2.60. The Bertz CT molecular complexity index is 363. The van der Waals surface area contributed by atoms with Gasteiger partial charge in [0, 0.05) is 17.4 Å². The third kappa shape index (κ3) is 3.66. The van der Waals surface area contributed by atoms with Gasteiger partial charge >= 0.3 is 0 Å². The molecule has 2 N–H and O–H groups in total. The lowest BCUT2D eigenvalue weighted by Crippen LogP contribution is -2.15. The topological polar surface area (TPSA) is 35.2 Å². The first-order valence-corrected chi connectivity index (χ1v) is 7.93. The maximum Gasteiger partial charge on any atom is 0.123 e. The number of rotatable bonds is 6. The Labute approximate surface area is 114 Å². The lowest BCUT2D eigenvalue weighted by molar-refractivity contribution is 0.407. The third-order valence-corrected chi connectivity index (χ3v) is 4.97. The first-order chi connectivity index (χ1) is 8.81. The molecule has 1 aliphatic rings. The molecule has 2 nitrogen and oxygen atoms in total. The Morgan fingerprint density at radius 3 is 2.78 bits per heavy atom. The number of ether oxygens (including phenoxy) is 1. The fraction of sp³-hybridized carbons (Fsp3) is 0.600. The zero-order valence-corrected chi connectivity index (χ0v) is 11.9. The van der Waals surface area contributed by atoms with Crippen molar-refractivity contribution in [3.05, 3.63) is 29.8 Å². The van der Waals surface area contributed by atoms with Gasteiger partial charge in [-0.1, -0.05) is 31.0 Å². The summed E-state index contributed by atoms with van der Waals surface area (Å²) < 4.78 is 5.36. The van der Waals surface area contributed by atoms with Crippen LogP contribution in [-0.2, 0) is 0 Å². The molecule has 100 valence electrons. The summed E-state index contributed by atoms with van der Waals surface area (Å²) in [5, 5.41) is 0. The van der Waals surface area contributed by atoms with Gasteiger partial charge < -0.3 is 10.5 Å². The molecule has 0 aliphatic heterocycles. The van der Waals surface area contributed by atoms with Crippen molar-refractivity contribution < 1.29 is 4.74 Å². The van der Waals surface area contributed by atoms with Crippen LogP contribution in [0.15, 0.2) is 24.3 Å². The van der Waals surface area contributed by atoms with E-state index in [9.17, 15) is 0 Å². The molecule has 0 heterocycles. The molecule has 3 heteroatoms. The van der Waals surface area contributed by atoms with Crippen molar-refractivity contribution in [1.82, 2.24) is 0 Å². The summed E-state index contributed by atoms with van der Waals surface area (Å²) in [6.07, 6.45) is 5.67. The second kappa shape index (κ2) is 7.05. The van der Waals surface area contributed by atoms with Crippen molar-refractivity contribution in [1.29, 1.82) is 0 Å². The number of nitrogens with two attached hydrogens (primary N) is 1. The quantitative estimate of drug-likeness (QED) is 0.853. The Kier molecular flexibility index (Phi) is 5.39. The molecule has 1 fully saturated rings. The van der Waals surface area contributed by atoms with Gasteiger partial charge in [0.1, 0.15) is 5.75 Å². The molecule has 1 atom stereocenters. The molecule has 0 amide bonds. The second-order valence-corrected chi connectivity index (χ2v) is 6.11. The highest BCUT2D eigenvalue weighted by atomic mass is 32.2. The maximum atomic E-state index is 6.26. The first-order valence-electron chi connectivity index (χ1n) is 6.77. The van der Waals surface area contributed by atoms with E-state index in [1.807, 2.05) is 30.0 Å². The van der Waals surface area contributed by atoms with Gasteiger partial charge in [0.2, 0.25) is 0 Å². The summed E-state index contributed by atoms with van der Waals surface area (Å²) in [7, 11) is 1.71. The molecule has 0 bridgehead atoms. The maximum absolute atomic E-state index is 6.26. The first kappa shape index (κ1) is 13.8. The highest BCUT2D eigenvalue weighted by Gasteiger charge is 2.16. The molecule has 0 saturated heterocycles. The van der Waals surface area contributed by atoms with Crippen LogP contribution in [0.5, 0.6) is 5.75 Å². The van der Waals surface area contributed by atoms with E-state index in [0.29, 0.717) is 0 Å². The Balaban J connectivity index is 1.81. The molecule has 18 heavy (non-hydrogen) atoms. The molecular weight excluding hydrogens is 242 g/mol. The molecule has 1 saturated carbocycles. The van der Waals surface area contributed by atoms with Crippen molar-refractivity contribution in [2.24, 2.45) is 11.7 Å².